The zero-order chi connectivity index (χ0) is 17.4. The Morgan fingerprint density at radius 1 is 1.46 bits per heavy atom. The lowest BCUT2D eigenvalue weighted by Gasteiger charge is -2.11. The first kappa shape index (κ1) is 16.9. The van der Waals surface area contributed by atoms with Gasteiger partial charge in [-0.1, -0.05) is 23.7 Å². The fourth-order valence-electron chi connectivity index (χ4n) is 2.77. The molecule has 1 amide bonds. The monoisotopic (exact) mass is 364 g/mol. The number of carboxylic acid groups (broad SMARTS) is 1. The van der Waals surface area contributed by atoms with Gasteiger partial charge < -0.3 is 10.4 Å². The molecule has 3 rings (SSSR count). The van der Waals surface area contributed by atoms with Crippen molar-refractivity contribution in [2.75, 3.05) is 0 Å². The summed E-state index contributed by atoms with van der Waals surface area (Å²) in [4.78, 5) is 28.0. The van der Waals surface area contributed by atoms with E-state index in [0.717, 1.165) is 23.3 Å². The number of carbonyl (C=O) groups excluding carboxylic acids is 1. The number of carboxylic acids is 1. The summed E-state index contributed by atoms with van der Waals surface area (Å²) in [5.41, 5.74) is 1.56. The summed E-state index contributed by atoms with van der Waals surface area (Å²) < 4.78 is 0. The fourth-order valence-corrected chi connectivity index (χ4v) is 3.88. The normalized spacial score (nSPS) is 20.5. The number of hydrogen-bond acceptors (Lipinski definition) is 4. The van der Waals surface area contributed by atoms with Crippen LogP contribution in [-0.2, 0) is 4.79 Å². The first-order chi connectivity index (χ1) is 11.4. The summed E-state index contributed by atoms with van der Waals surface area (Å²) in [6.07, 6.45) is 0.802. The van der Waals surface area contributed by atoms with Crippen LogP contribution in [0.3, 0.4) is 0 Å². The highest BCUT2D eigenvalue weighted by atomic mass is 35.5. The Morgan fingerprint density at radius 3 is 2.83 bits per heavy atom. The number of aromatic carboxylic acids is 1. The van der Waals surface area contributed by atoms with Crippen molar-refractivity contribution in [3.05, 3.63) is 50.4 Å². The average molecular weight is 365 g/mol. The lowest BCUT2D eigenvalue weighted by Crippen LogP contribution is -2.28. The summed E-state index contributed by atoms with van der Waals surface area (Å²) >= 11 is 7.10. The number of nitrogens with zero attached hydrogens (tertiary/aromatic N) is 1. The molecule has 24 heavy (non-hydrogen) atoms. The zero-order valence-electron chi connectivity index (χ0n) is 13.2. The Labute approximate surface area is 148 Å². The van der Waals surface area contributed by atoms with E-state index >= 15 is 0 Å². The van der Waals surface area contributed by atoms with E-state index in [1.54, 1.807) is 6.92 Å². The molecule has 3 atom stereocenters. The van der Waals surface area contributed by atoms with Crippen molar-refractivity contribution < 1.29 is 14.7 Å². The van der Waals surface area contributed by atoms with Crippen molar-refractivity contribution in [1.82, 2.24) is 10.3 Å². The van der Waals surface area contributed by atoms with E-state index in [1.165, 1.54) is 0 Å². The predicted molar refractivity (Wildman–Crippen MR) is 92.7 cm³/mol. The van der Waals surface area contributed by atoms with Crippen molar-refractivity contribution in [2.24, 2.45) is 5.92 Å². The molecular weight excluding hydrogens is 348 g/mol. The minimum atomic E-state index is -0.988. The van der Waals surface area contributed by atoms with Gasteiger partial charge in [-0.2, -0.15) is 0 Å². The number of halogens is 1. The molecule has 0 radical (unpaired) electrons. The Balaban J connectivity index is 1.63. The van der Waals surface area contributed by atoms with Crippen molar-refractivity contribution in [3.63, 3.8) is 0 Å². The van der Waals surface area contributed by atoms with Gasteiger partial charge in [0.05, 0.1) is 11.7 Å². The van der Waals surface area contributed by atoms with E-state index in [2.05, 4.69) is 10.3 Å². The van der Waals surface area contributed by atoms with Crippen LogP contribution in [0.1, 0.15) is 51.2 Å². The molecule has 0 aliphatic heterocycles. The van der Waals surface area contributed by atoms with Crippen LogP contribution in [0.2, 0.25) is 5.02 Å². The Kier molecular flexibility index (Phi) is 4.60. The van der Waals surface area contributed by atoms with Crippen LogP contribution in [0.25, 0.3) is 0 Å². The fraction of sp³-hybridized carbons (Fsp3) is 0.353. The van der Waals surface area contributed by atoms with Gasteiger partial charge in [0.25, 0.3) is 0 Å². The maximum Gasteiger partial charge on any atom is 0.347 e. The zero-order valence-corrected chi connectivity index (χ0v) is 14.8. The lowest BCUT2D eigenvalue weighted by molar-refractivity contribution is -0.123. The Morgan fingerprint density at radius 2 is 2.21 bits per heavy atom. The number of nitrogens with one attached hydrogen (secondary N) is 1. The van der Waals surface area contributed by atoms with Crippen LogP contribution in [0, 0.1) is 12.8 Å². The van der Waals surface area contributed by atoms with Crippen molar-refractivity contribution >= 4 is 34.8 Å². The molecule has 5 nitrogen and oxygen atoms in total. The number of aromatic nitrogens is 1. The van der Waals surface area contributed by atoms with E-state index < -0.39 is 5.97 Å². The van der Waals surface area contributed by atoms with E-state index in [-0.39, 0.29) is 28.7 Å². The summed E-state index contributed by atoms with van der Waals surface area (Å²) in [5.74, 6) is -0.885. The highest BCUT2D eigenvalue weighted by molar-refractivity contribution is 7.13. The molecule has 2 aromatic rings. The van der Waals surface area contributed by atoms with Crippen LogP contribution >= 0.6 is 22.9 Å². The molecule has 3 unspecified atom stereocenters. The summed E-state index contributed by atoms with van der Waals surface area (Å²) in [5, 5.41) is 13.3. The summed E-state index contributed by atoms with van der Waals surface area (Å²) in [6.45, 7) is 3.48. The third-order valence-electron chi connectivity index (χ3n) is 4.14. The molecule has 1 heterocycles. The Bertz CT molecular complexity index is 805. The van der Waals surface area contributed by atoms with E-state index in [0.29, 0.717) is 15.7 Å². The molecule has 126 valence electrons. The SMILES string of the molecule is Cc1nc(C(C)NC(=O)C2CC2c2cccc(Cl)c2)sc1C(=O)O. The number of hydrogen-bond donors (Lipinski definition) is 2. The molecule has 1 aliphatic rings. The van der Waals surface area contributed by atoms with E-state index in [1.807, 2.05) is 31.2 Å². The number of amides is 1. The van der Waals surface area contributed by atoms with Gasteiger partial charge in [-0.15, -0.1) is 11.3 Å². The van der Waals surface area contributed by atoms with Crippen LogP contribution in [-0.4, -0.2) is 22.0 Å². The van der Waals surface area contributed by atoms with Crippen LogP contribution in [0.15, 0.2) is 24.3 Å². The number of carbonyl (C=O) groups is 2. The first-order valence-electron chi connectivity index (χ1n) is 7.63. The second-order valence-electron chi connectivity index (χ2n) is 6.01. The minimum absolute atomic E-state index is 0.0304. The van der Waals surface area contributed by atoms with Crippen LogP contribution < -0.4 is 5.32 Å². The summed E-state index contributed by atoms with van der Waals surface area (Å²) in [7, 11) is 0. The van der Waals surface area contributed by atoms with Gasteiger partial charge in [0.1, 0.15) is 9.88 Å². The lowest BCUT2D eigenvalue weighted by atomic mass is 10.1. The molecule has 1 aliphatic carbocycles. The average Bonchev–Trinajstić information content (AvgIpc) is 3.22. The minimum Gasteiger partial charge on any atom is -0.477 e. The molecular formula is C17H17ClN2O3S. The van der Waals surface area contributed by atoms with Crippen molar-refractivity contribution in [3.8, 4) is 0 Å². The highest BCUT2D eigenvalue weighted by Crippen LogP contribution is 2.48. The molecule has 2 N–H and O–H groups in total. The smallest absolute Gasteiger partial charge is 0.347 e. The van der Waals surface area contributed by atoms with Crippen LogP contribution in [0.4, 0.5) is 0 Å². The van der Waals surface area contributed by atoms with Gasteiger partial charge in [-0.25, -0.2) is 9.78 Å². The van der Waals surface area contributed by atoms with Gasteiger partial charge in [0, 0.05) is 10.9 Å². The third kappa shape index (κ3) is 3.44. The second-order valence-corrected chi connectivity index (χ2v) is 7.47. The third-order valence-corrected chi connectivity index (χ3v) is 5.70. The molecule has 0 spiro atoms. The van der Waals surface area contributed by atoms with Crippen LogP contribution in [0.5, 0.6) is 0 Å². The maximum atomic E-state index is 12.4. The standard InChI is InChI=1S/C17H17ClN2O3S/c1-8-14(17(22)23)24-16(20-8)9(2)19-15(21)13-7-12(13)10-4-3-5-11(18)6-10/h3-6,9,12-13H,7H2,1-2H3,(H,19,21)(H,22,23). The molecule has 0 bridgehead atoms. The highest BCUT2D eigenvalue weighted by Gasteiger charge is 2.44. The maximum absolute atomic E-state index is 12.4. The van der Waals surface area contributed by atoms with E-state index in [9.17, 15) is 9.59 Å². The van der Waals surface area contributed by atoms with Gasteiger partial charge in [-0.3, -0.25) is 4.79 Å². The number of rotatable bonds is 5. The molecule has 1 saturated carbocycles. The van der Waals surface area contributed by atoms with Gasteiger partial charge in [0.2, 0.25) is 5.91 Å². The number of thiazole rings is 1. The van der Waals surface area contributed by atoms with Gasteiger partial charge in [0.15, 0.2) is 0 Å². The van der Waals surface area contributed by atoms with Crippen molar-refractivity contribution in [1.29, 1.82) is 0 Å². The largest absolute Gasteiger partial charge is 0.477 e. The van der Waals surface area contributed by atoms with Crippen molar-refractivity contribution in [2.45, 2.75) is 32.2 Å². The van der Waals surface area contributed by atoms with E-state index in [4.69, 9.17) is 16.7 Å². The topological polar surface area (TPSA) is 79.3 Å². The molecule has 1 aromatic heterocycles. The number of benzene rings is 1. The predicted octanol–water partition coefficient (Wildman–Crippen LogP) is 3.78. The van der Waals surface area contributed by atoms with Gasteiger partial charge in [-0.05, 0) is 43.9 Å². The number of aryl methyl sites for hydroxylation is 1. The molecule has 1 aromatic carbocycles. The molecule has 7 heteroatoms. The van der Waals surface area contributed by atoms with Gasteiger partial charge >= 0.3 is 5.97 Å². The second kappa shape index (κ2) is 6.53. The molecule has 0 saturated heterocycles. The Hall–Kier alpha value is -1.92. The summed E-state index contributed by atoms with van der Waals surface area (Å²) in [6, 6.07) is 7.27. The first-order valence-corrected chi connectivity index (χ1v) is 8.82. The molecule has 1 fully saturated rings. The quantitative estimate of drug-likeness (QED) is 0.846.